The van der Waals surface area contributed by atoms with Gasteiger partial charge in [-0.15, -0.1) is 0 Å². The molecule has 1 aromatic rings. The Labute approximate surface area is 141 Å². The number of aliphatic carboxylic acids is 1. The standard InChI is InChI=1S/C17H25BrN2O2/c1-3-20(12-17(21)22)15-6-8-19(9-7-15)11-14-5-4-13(2)10-16(14)18/h4-5,10,15H,3,6-9,11-12H2,1-2H3,(H,21,22). The second-order valence-corrected chi connectivity index (χ2v) is 6.91. The molecule has 0 aromatic heterocycles. The molecule has 1 saturated heterocycles. The van der Waals surface area contributed by atoms with Gasteiger partial charge in [-0.25, -0.2) is 0 Å². The smallest absolute Gasteiger partial charge is 0.317 e. The van der Waals surface area contributed by atoms with Crippen molar-refractivity contribution in [3.05, 3.63) is 33.8 Å². The molecule has 0 saturated carbocycles. The van der Waals surface area contributed by atoms with Crippen molar-refractivity contribution in [3.8, 4) is 0 Å². The molecule has 1 N–H and O–H groups in total. The lowest BCUT2D eigenvalue weighted by Gasteiger charge is -2.37. The van der Waals surface area contributed by atoms with E-state index in [9.17, 15) is 4.79 Å². The monoisotopic (exact) mass is 368 g/mol. The van der Waals surface area contributed by atoms with Crippen LogP contribution in [-0.2, 0) is 11.3 Å². The molecule has 1 heterocycles. The van der Waals surface area contributed by atoms with Gasteiger partial charge in [0, 0.05) is 17.1 Å². The second kappa shape index (κ2) is 8.09. The predicted molar refractivity (Wildman–Crippen MR) is 92.1 cm³/mol. The molecule has 22 heavy (non-hydrogen) atoms. The Kier molecular flexibility index (Phi) is 6.41. The molecule has 0 atom stereocenters. The fourth-order valence-electron chi connectivity index (χ4n) is 3.14. The first-order valence-corrected chi connectivity index (χ1v) is 8.72. The van der Waals surface area contributed by atoms with Crippen molar-refractivity contribution < 1.29 is 9.90 Å². The molecule has 1 aliphatic heterocycles. The first-order chi connectivity index (χ1) is 10.5. The number of nitrogens with zero attached hydrogens (tertiary/aromatic N) is 2. The minimum Gasteiger partial charge on any atom is -0.480 e. The molecule has 0 unspecified atom stereocenters. The molecule has 4 nitrogen and oxygen atoms in total. The van der Waals surface area contributed by atoms with E-state index in [1.165, 1.54) is 15.6 Å². The maximum Gasteiger partial charge on any atom is 0.317 e. The summed E-state index contributed by atoms with van der Waals surface area (Å²) in [5, 5.41) is 8.99. The third-order valence-corrected chi connectivity index (χ3v) is 5.16. The molecule has 0 aliphatic carbocycles. The lowest BCUT2D eigenvalue weighted by atomic mass is 10.0. The molecule has 1 aromatic carbocycles. The lowest BCUT2D eigenvalue weighted by molar-refractivity contribution is -0.139. The third kappa shape index (κ3) is 4.80. The summed E-state index contributed by atoms with van der Waals surface area (Å²) in [5.74, 6) is -0.729. The number of carboxylic acids is 1. The predicted octanol–water partition coefficient (Wildman–Crippen LogP) is 3.13. The number of likely N-dealkylation sites (tertiary alicyclic amines) is 1. The van der Waals surface area contributed by atoms with Crippen LogP contribution >= 0.6 is 15.9 Å². The summed E-state index contributed by atoms with van der Waals surface area (Å²) in [7, 11) is 0. The van der Waals surface area contributed by atoms with Gasteiger partial charge in [0.15, 0.2) is 0 Å². The number of halogens is 1. The molecule has 0 bridgehead atoms. The third-order valence-electron chi connectivity index (χ3n) is 4.42. The number of piperidine rings is 1. The number of carboxylic acid groups (broad SMARTS) is 1. The van der Waals surface area contributed by atoms with Crippen LogP contribution in [0.1, 0.15) is 30.9 Å². The fourth-order valence-corrected chi connectivity index (χ4v) is 3.76. The maximum atomic E-state index is 10.9. The summed E-state index contributed by atoms with van der Waals surface area (Å²) < 4.78 is 1.18. The molecule has 1 aliphatic rings. The van der Waals surface area contributed by atoms with E-state index in [0.29, 0.717) is 6.04 Å². The van der Waals surface area contributed by atoms with E-state index in [-0.39, 0.29) is 6.54 Å². The largest absolute Gasteiger partial charge is 0.480 e. The molecular weight excluding hydrogens is 344 g/mol. The Morgan fingerprint density at radius 2 is 2.09 bits per heavy atom. The minimum absolute atomic E-state index is 0.157. The first kappa shape index (κ1) is 17.4. The van der Waals surface area contributed by atoms with Gasteiger partial charge in [0.25, 0.3) is 0 Å². The van der Waals surface area contributed by atoms with Gasteiger partial charge in [-0.1, -0.05) is 35.0 Å². The van der Waals surface area contributed by atoms with Crippen LogP contribution in [0.3, 0.4) is 0 Å². The molecular formula is C17H25BrN2O2. The van der Waals surface area contributed by atoms with Gasteiger partial charge in [-0.3, -0.25) is 14.6 Å². The SMILES string of the molecule is CCN(CC(=O)O)C1CCN(Cc2ccc(C)cc2Br)CC1. The highest BCUT2D eigenvalue weighted by Crippen LogP contribution is 2.23. The Hall–Kier alpha value is -0.910. The zero-order valence-corrected chi connectivity index (χ0v) is 15.0. The zero-order valence-electron chi connectivity index (χ0n) is 13.4. The number of rotatable bonds is 6. The van der Waals surface area contributed by atoms with Crippen molar-refractivity contribution in [2.75, 3.05) is 26.2 Å². The number of likely N-dealkylation sites (N-methyl/N-ethyl adjacent to an activating group) is 1. The summed E-state index contributed by atoms with van der Waals surface area (Å²) in [5.41, 5.74) is 2.59. The van der Waals surface area contributed by atoms with Crippen molar-refractivity contribution in [2.45, 2.75) is 39.3 Å². The number of hydrogen-bond donors (Lipinski definition) is 1. The van der Waals surface area contributed by atoms with E-state index in [2.05, 4.69) is 50.9 Å². The average Bonchev–Trinajstić information content (AvgIpc) is 2.48. The highest BCUT2D eigenvalue weighted by Gasteiger charge is 2.25. The normalized spacial score (nSPS) is 17.1. The minimum atomic E-state index is -0.729. The van der Waals surface area contributed by atoms with Crippen LogP contribution in [-0.4, -0.2) is 53.1 Å². The maximum absolute atomic E-state index is 10.9. The van der Waals surface area contributed by atoms with Crippen LogP contribution in [0, 0.1) is 6.92 Å². The van der Waals surface area contributed by atoms with Gasteiger partial charge in [0.05, 0.1) is 6.54 Å². The topological polar surface area (TPSA) is 43.8 Å². The quantitative estimate of drug-likeness (QED) is 0.837. The molecule has 0 spiro atoms. The molecule has 0 radical (unpaired) electrons. The van der Waals surface area contributed by atoms with Gasteiger partial charge in [0.2, 0.25) is 0 Å². The number of benzene rings is 1. The summed E-state index contributed by atoms with van der Waals surface area (Å²) in [4.78, 5) is 15.5. The summed E-state index contributed by atoms with van der Waals surface area (Å²) in [6.07, 6.45) is 2.09. The van der Waals surface area contributed by atoms with E-state index in [0.717, 1.165) is 39.0 Å². The van der Waals surface area contributed by atoms with Gasteiger partial charge < -0.3 is 5.11 Å². The van der Waals surface area contributed by atoms with Crippen molar-refractivity contribution in [3.63, 3.8) is 0 Å². The van der Waals surface area contributed by atoms with Crippen LogP contribution in [0.4, 0.5) is 0 Å². The van der Waals surface area contributed by atoms with E-state index >= 15 is 0 Å². The number of aryl methyl sites for hydroxylation is 1. The molecule has 122 valence electrons. The van der Waals surface area contributed by atoms with Gasteiger partial charge in [-0.05, 0) is 56.6 Å². The van der Waals surface area contributed by atoms with E-state index in [1.807, 2.05) is 6.92 Å². The Morgan fingerprint density at radius 1 is 1.41 bits per heavy atom. The van der Waals surface area contributed by atoms with Crippen molar-refractivity contribution >= 4 is 21.9 Å². The molecule has 1 fully saturated rings. The van der Waals surface area contributed by atoms with Crippen LogP contribution in [0.5, 0.6) is 0 Å². The van der Waals surface area contributed by atoms with E-state index in [4.69, 9.17) is 5.11 Å². The van der Waals surface area contributed by atoms with Crippen molar-refractivity contribution in [2.24, 2.45) is 0 Å². The van der Waals surface area contributed by atoms with Gasteiger partial charge in [-0.2, -0.15) is 0 Å². The molecule has 0 amide bonds. The lowest BCUT2D eigenvalue weighted by Crippen LogP contribution is -2.46. The number of hydrogen-bond acceptors (Lipinski definition) is 3. The summed E-state index contributed by atoms with van der Waals surface area (Å²) >= 11 is 3.65. The highest BCUT2D eigenvalue weighted by atomic mass is 79.9. The first-order valence-electron chi connectivity index (χ1n) is 7.92. The summed E-state index contributed by atoms with van der Waals surface area (Å²) in [6, 6.07) is 6.90. The molecule has 5 heteroatoms. The number of carbonyl (C=O) groups is 1. The van der Waals surface area contributed by atoms with Crippen molar-refractivity contribution in [1.82, 2.24) is 9.80 Å². The van der Waals surface area contributed by atoms with Gasteiger partial charge >= 0.3 is 5.97 Å². The Morgan fingerprint density at radius 3 is 2.64 bits per heavy atom. The van der Waals surface area contributed by atoms with Crippen LogP contribution in [0.2, 0.25) is 0 Å². The van der Waals surface area contributed by atoms with Crippen LogP contribution < -0.4 is 0 Å². The van der Waals surface area contributed by atoms with Crippen LogP contribution in [0.25, 0.3) is 0 Å². The van der Waals surface area contributed by atoms with E-state index in [1.54, 1.807) is 0 Å². The fraction of sp³-hybridized carbons (Fsp3) is 0.588. The van der Waals surface area contributed by atoms with Crippen LogP contribution in [0.15, 0.2) is 22.7 Å². The average molecular weight is 369 g/mol. The summed E-state index contributed by atoms with van der Waals surface area (Å²) in [6.45, 7) is 8.12. The van der Waals surface area contributed by atoms with E-state index < -0.39 is 5.97 Å². The second-order valence-electron chi connectivity index (χ2n) is 6.06. The molecule has 2 rings (SSSR count). The Bertz CT molecular complexity index is 513. The Balaban J connectivity index is 1.87. The zero-order chi connectivity index (χ0) is 16.1. The van der Waals surface area contributed by atoms with Gasteiger partial charge in [0.1, 0.15) is 0 Å². The highest BCUT2D eigenvalue weighted by molar-refractivity contribution is 9.10. The van der Waals surface area contributed by atoms with Crippen molar-refractivity contribution in [1.29, 1.82) is 0 Å².